The molecule has 5 rings (SSSR count). The molecule has 0 N–H and O–H groups in total. The fourth-order valence-corrected chi connectivity index (χ4v) is 4.72. The Bertz CT molecular complexity index is 1360. The smallest absolute Gasteiger partial charge is 0.253 e. The molecule has 0 atom stereocenters. The minimum atomic E-state index is -0.257. The largest absolute Gasteiger partial charge is 0.343 e. The van der Waals surface area contributed by atoms with Crippen molar-refractivity contribution < 1.29 is 14.0 Å². The number of carbonyl (C=O) groups is 2. The number of hydrogen-bond acceptors (Lipinski definition) is 2. The third kappa shape index (κ3) is 5.08. The minimum Gasteiger partial charge on any atom is -0.343 e. The fraction of sp³-hybridized carbons (Fsp3) is 0.214. The van der Waals surface area contributed by atoms with Crippen molar-refractivity contribution in [1.29, 1.82) is 0 Å². The molecule has 0 unspecified atom stereocenters. The molecule has 1 fully saturated rings. The van der Waals surface area contributed by atoms with E-state index in [4.69, 9.17) is 11.6 Å². The van der Waals surface area contributed by atoms with E-state index < -0.39 is 0 Å². The maximum atomic E-state index is 13.3. The van der Waals surface area contributed by atoms with Crippen molar-refractivity contribution in [2.75, 3.05) is 26.2 Å². The van der Waals surface area contributed by atoms with Gasteiger partial charge in [0, 0.05) is 60.4 Å². The molecule has 178 valence electrons. The molecule has 1 aliphatic rings. The number of aromatic nitrogens is 1. The lowest BCUT2D eigenvalue weighted by atomic mass is 10.1. The van der Waals surface area contributed by atoms with E-state index in [1.807, 2.05) is 35.4 Å². The van der Waals surface area contributed by atoms with Crippen molar-refractivity contribution in [3.63, 3.8) is 0 Å². The zero-order chi connectivity index (χ0) is 24.4. The van der Waals surface area contributed by atoms with Gasteiger partial charge in [-0.1, -0.05) is 41.9 Å². The maximum absolute atomic E-state index is 13.3. The van der Waals surface area contributed by atoms with E-state index in [9.17, 15) is 14.0 Å². The average molecular weight is 490 g/mol. The highest BCUT2D eigenvalue weighted by atomic mass is 35.5. The van der Waals surface area contributed by atoms with E-state index >= 15 is 0 Å². The van der Waals surface area contributed by atoms with E-state index in [-0.39, 0.29) is 17.6 Å². The van der Waals surface area contributed by atoms with Crippen molar-refractivity contribution in [3.8, 4) is 0 Å². The third-order valence-electron chi connectivity index (χ3n) is 6.49. The standard InChI is InChI=1S/C28H25ClFN3O2/c29-23-9-7-21(8-10-23)28(35)32-15-13-31(14-16-32)27(34)17-22-19-33(26-4-2-1-3-25(22)26)18-20-5-11-24(30)12-6-20/h1-12,19H,13-18H2. The lowest BCUT2D eigenvalue weighted by molar-refractivity contribution is -0.131. The van der Waals surface area contributed by atoms with Gasteiger partial charge < -0.3 is 14.4 Å². The molecule has 7 heteroatoms. The maximum Gasteiger partial charge on any atom is 0.253 e. The summed E-state index contributed by atoms with van der Waals surface area (Å²) in [6, 6.07) is 21.4. The van der Waals surface area contributed by atoms with E-state index in [0.29, 0.717) is 49.7 Å². The van der Waals surface area contributed by atoms with Crippen LogP contribution in [0.15, 0.2) is 79.0 Å². The second-order valence-corrected chi connectivity index (χ2v) is 9.22. The molecule has 0 bridgehead atoms. The first-order chi connectivity index (χ1) is 17.0. The first-order valence-electron chi connectivity index (χ1n) is 11.6. The predicted octanol–water partition coefficient (Wildman–Crippen LogP) is 5.01. The van der Waals surface area contributed by atoms with Gasteiger partial charge in [0.25, 0.3) is 5.91 Å². The van der Waals surface area contributed by atoms with Gasteiger partial charge in [-0.2, -0.15) is 0 Å². The van der Waals surface area contributed by atoms with Crippen LogP contribution < -0.4 is 0 Å². The average Bonchev–Trinajstić information content (AvgIpc) is 3.22. The molecule has 1 aliphatic heterocycles. The van der Waals surface area contributed by atoms with Gasteiger partial charge in [0.05, 0.1) is 6.42 Å². The van der Waals surface area contributed by atoms with Gasteiger partial charge >= 0.3 is 0 Å². The minimum absolute atomic E-state index is 0.0439. The van der Waals surface area contributed by atoms with Crippen LogP contribution in [0, 0.1) is 5.82 Å². The summed E-state index contributed by atoms with van der Waals surface area (Å²) in [5.74, 6) is -0.252. The Labute approximate surface area is 208 Å². The van der Waals surface area contributed by atoms with Crippen LogP contribution in [0.5, 0.6) is 0 Å². The number of amides is 2. The van der Waals surface area contributed by atoms with Gasteiger partial charge in [0.15, 0.2) is 0 Å². The summed E-state index contributed by atoms with van der Waals surface area (Å²) in [5.41, 5.74) is 3.60. The molecule has 3 aromatic carbocycles. The number of benzene rings is 3. The predicted molar refractivity (Wildman–Crippen MR) is 135 cm³/mol. The van der Waals surface area contributed by atoms with Gasteiger partial charge in [-0.15, -0.1) is 0 Å². The first-order valence-corrected chi connectivity index (χ1v) is 12.0. The summed E-state index contributed by atoms with van der Waals surface area (Å²) in [7, 11) is 0. The Morgan fingerprint density at radius 1 is 0.829 bits per heavy atom. The summed E-state index contributed by atoms with van der Waals surface area (Å²) in [4.78, 5) is 29.5. The van der Waals surface area contributed by atoms with Gasteiger partial charge in [-0.3, -0.25) is 9.59 Å². The SMILES string of the molecule is O=C(Cc1cn(Cc2ccc(F)cc2)c2ccccc12)N1CCN(C(=O)c2ccc(Cl)cc2)CC1. The topological polar surface area (TPSA) is 45.6 Å². The second kappa shape index (κ2) is 9.92. The molecule has 1 aromatic heterocycles. The van der Waals surface area contributed by atoms with Crippen LogP contribution in [0.1, 0.15) is 21.5 Å². The second-order valence-electron chi connectivity index (χ2n) is 8.78. The van der Waals surface area contributed by atoms with Gasteiger partial charge in [-0.05, 0) is 53.6 Å². The molecular formula is C28H25ClFN3O2. The quantitative estimate of drug-likeness (QED) is 0.395. The molecule has 1 saturated heterocycles. The molecule has 2 heterocycles. The van der Waals surface area contributed by atoms with E-state index in [1.54, 1.807) is 41.3 Å². The van der Waals surface area contributed by atoms with Crippen molar-refractivity contribution >= 4 is 34.3 Å². The summed E-state index contributed by atoms with van der Waals surface area (Å²) in [6.07, 6.45) is 2.31. The highest BCUT2D eigenvalue weighted by molar-refractivity contribution is 6.30. The number of piperazine rings is 1. The molecule has 0 radical (unpaired) electrons. The number of nitrogens with zero attached hydrogens (tertiary/aromatic N) is 3. The number of carbonyl (C=O) groups excluding carboxylic acids is 2. The van der Waals surface area contributed by atoms with E-state index in [1.165, 1.54) is 12.1 Å². The van der Waals surface area contributed by atoms with Gasteiger partial charge in [0.2, 0.25) is 5.91 Å². The first kappa shape index (κ1) is 23.1. The zero-order valence-corrected chi connectivity index (χ0v) is 19.9. The summed E-state index contributed by atoms with van der Waals surface area (Å²) >= 11 is 5.92. The van der Waals surface area contributed by atoms with Crippen LogP contribution in [0.25, 0.3) is 10.9 Å². The van der Waals surface area contributed by atoms with Crippen molar-refractivity contribution in [2.24, 2.45) is 0 Å². The van der Waals surface area contributed by atoms with Crippen molar-refractivity contribution in [1.82, 2.24) is 14.4 Å². The molecule has 35 heavy (non-hydrogen) atoms. The molecule has 2 amide bonds. The fourth-order valence-electron chi connectivity index (χ4n) is 4.59. The zero-order valence-electron chi connectivity index (χ0n) is 19.2. The van der Waals surface area contributed by atoms with Crippen LogP contribution >= 0.6 is 11.6 Å². The lowest BCUT2D eigenvalue weighted by Crippen LogP contribution is -2.51. The monoisotopic (exact) mass is 489 g/mol. The number of halogens is 2. The number of fused-ring (bicyclic) bond motifs is 1. The van der Waals surface area contributed by atoms with Crippen LogP contribution in [0.4, 0.5) is 4.39 Å². The molecule has 5 nitrogen and oxygen atoms in total. The van der Waals surface area contributed by atoms with Crippen LogP contribution in [0.2, 0.25) is 5.02 Å². The molecular weight excluding hydrogens is 465 g/mol. The van der Waals surface area contributed by atoms with Gasteiger partial charge in [0.1, 0.15) is 5.82 Å². The van der Waals surface area contributed by atoms with E-state index in [0.717, 1.165) is 22.0 Å². The summed E-state index contributed by atoms with van der Waals surface area (Å²) < 4.78 is 15.4. The Morgan fingerprint density at radius 2 is 1.49 bits per heavy atom. The summed E-state index contributed by atoms with van der Waals surface area (Å²) in [6.45, 7) is 2.61. The Kier molecular flexibility index (Phi) is 6.55. The van der Waals surface area contributed by atoms with Crippen LogP contribution in [-0.2, 0) is 17.8 Å². The molecule has 0 aliphatic carbocycles. The van der Waals surface area contributed by atoms with Gasteiger partial charge in [-0.25, -0.2) is 4.39 Å². The highest BCUT2D eigenvalue weighted by Gasteiger charge is 2.25. The Morgan fingerprint density at radius 3 is 2.20 bits per heavy atom. The summed E-state index contributed by atoms with van der Waals surface area (Å²) in [5, 5.41) is 1.63. The van der Waals surface area contributed by atoms with Crippen LogP contribution in [-0.4, -0.2) is 52.4 Å². The number of para-hydroxylation sites is 1. The van der Waals surface area contributed by atoms with Crippen molar-refractivity contribution in [2.45, 2.75) is 13.0 Å². The van der Waals surface area contributed by atoms with E-state index in [2.05, 4.69) is 4.57 Å². The number of rotatable bonds is 5. The Hall–Kier alpha value is -3.64. The third-order valence-corrected chi connectivity index (χ3v) is 6.74. The van der Waals surface area contributed by atoms with Crippen molar-refractivity contribution in [3.05, 3.63) is 107 Å². The number of hydrogen-bond donors (Lipinski definition) is 0. The molecule has 0 saturated carbocycles. The normalized spacial score (nSPS) is 13.9. The van der Waals surface area contributed by atoms with Crippen LogP contribution in [0.3, 0.4) is 0 Å². The lowest BCUT2D eigenvalue weighted by Gasteiger charge is -2.35. The highest BCUT2D eigenvalue weighted by Crippen LogP contribution is 2.24. The molecule has 0 spiro atoms. The molecule has 4 aromatic rings. The Balaban J connectivity index is 1.26.